The highest BCUT2D eigenvalue weighted by Crippen LogP contribution is 2.48. The lowest BCUT2D eigenvalue weighted by Gasteiger charge is -2.11. The quantitative estimate of drug-likeness (QED) is 0.560. The fourth-order valence-corrected chi connectivity index (χ4v) is 1.37. The van der Waals surface area contributed by atoms with Crippen molar-refractivity contribution in [2.75, 3.05) is 26.4 Å². The number of hydrogen-bond donors (Lipinski definition) is 0. The minimum Gasteiger partial charge on any atom is -0.379 e. The molecular formula is C11H19NO2. The average molecular weight is 197 g/mol. The summed E-state index contributed by atoms with van der Waals surface area (Å²) in [6.07, 6.45) is 3.99. The normalized spacial score (nSPS) is 17.7. The summed E-state index contributed by atoms with van der Waals surface area (Å²) in [5, 5.41) is 8.58. The molecule has 1 aliphatic carbocycles. The Kier molecular flexibility index (Phi) is 4.92. The molecule has 0 saturated heterocycles. The van der Waals surface area contributed by atoms with E-state index < -0.39 is 0 Å². The van der Waals surface area contributed by atoms with Crippen LogP contribution in [0, 0.1) is 16.7 Å². The first-order chi connectivity index (χ1) is 6.83. The van der Waals surface area contributed by atoms with Crippen LogP contribution in [0.4, 0.5) is 0 Å². The van der Waals surface area contributed by atoms with Gasteiger partial charge in [0.2, 0.25) is 0 Å². The Balaban J connectivity index is 1.91. The van der Waals surface area contributed by atoms with Crippen LogP contribution in [0.2, 0.25) is 0 Å². The number of ether oxygens (including phenoxy) is 2. The molecule has 0 amide bonds. The Labute approximate surface area is 86.0 Å². The van der Waals surface area contributed by atoms with Crippen molar-refractivity contribution in [2.24, 2.45) is 5.41 Å². The molecule has 0 radical (unpaired) electrons. The SMILES string of the molecule is CCCOCCOCC1(CC#N)CC1. The number of nitriles is 1. The van der Waals surface area contributed by atoms with Gasteiger partial charge in [-0.2, -0.15) is 5.26 Å². The summed E-state index contributed by atoms with van der Waals surface area (Å²) < 4.78 is 10.8. The second-order valence-corrected chi connectivity index (χ2v) is 4.00. The van der Waals surface area contributed by atoms with Crippen LogP contribution in [-0.2, 0) is 9.47 Å². The fraction of sp³-hybridized carbons (Fsp3) is 0.909. The van der Waals surface area contributed by atoms with E-state index in [0.29, 0.717) is 19.6 Å². The molecule has 0 aromatic heterocycles. The van der Waals surface area contributed by atoms with E-state index in [-0.39, 0.29) is 5.41 Å². The van der Waals surface area contributed by atoms with Crippen LogP contribution >= 0.6 is 0 Å². The molecule has 0 aliphatic heterocycles. The molecular weight excluding hydrogens is 178 g/mol. The molecule has 80 valence electrons. The topological polar surface area (TPSA) is 42.2 Å². The maximum Gasteiger partial charge on any atom is 0.0700 e. The van der Waals surface area contributed by atoms with Crippen molar-refractivity contribution in [2.45, 2.75) is 32.6 Å². The maximum absolute atomic E-state index is 8.58. The second kappa shape index (κ2) is 6.00. The van der Waals surface area contributed by atoms with Crippen molar-refractivity contribution in [3.63, 3.8) is 0 Å². The summed E-state index contributed by atoms with van der Waals surface area (Å²) in [7, 11) is 0. The number of nitrogens with zero attached hydrogens (tertiary/aromatic N) is 1. The lowest BCUT2D eigenvalue weighted by Crippen LogP contribution is -2.13. The zero-order chi connectivity index (χ0) is 10.3. The Morgan fingerprint density at radius 1 is 1.21 bits per heavy atom. The molecule has 0 unspecified atom stereocenters. The first-order valence-corrected chi connectivity index (χ1v) is 5.35. The highest BCUT2D eigenvalue weighted by molar-refractivity contribution is 4.99. The van der Waals surface area contributed by atoms with E-state index in [4.69, 9.17) is 14.7 Å². The van der Waals surface area contributed by atoms with Crippen LogP contribution in [0.25, 0.3) is 0 Å². The van der Waals surface area contributed by atoms with Crippen molar-refractivity contribution in [3.05, 3.63) is 0 Å². The van der Waals surface area contributed by atoms with Crippen molar-refractivity contribution in [3.8, 4) is 6.07 Å². The monoisotopic (exact) mass is 197 g/mol. The first kappa shape index (κ1) is 11.5. The van der Waals surface area contributed by atoms with Gasteiger partial charge in [-0.25, -0.2) is 0 Å². The van der Waals surface area contributed by atoms with Gasteiger partial charge in [-0.1, -0.05) is 6.92 Å². The summed E-state index contributed by atoms with van der Waals surface area (Å²) in [4.78, 5) is 0. The van der Waals surface area contributed by atoms with E-state index in [1.807, 2.05) is 0 Å². The summed E-state index contributed by atoms with van der Waals surface area (Å²) in [5.41, 5.74) is 0.208. The Hall–Kier alpha value is -0.590. The molecule has 0 bridgehead atoms. The molecule has 0 aromatic carbocycles. The van der Waals surface area contributed by atoms with Crippen LogP contribution in [-0.4, -0.2) is 26.4 Å². The van der Waals surface area contributed by atoms with E-state index in [1.165, 1.54) is 0 Å². The summed E-state index contributed by atoms with van der Waals surface area (Å²) in [6, 6.07) is 2.22. The van der Waals surface area contributed by atoms with Crippen LogP contribution in [0.3, 0.4) is 0 Å². The third kappa shape index (κ3) is 4.08. The van der Waals surface area contributed by atoms with Crippen molar-refractivity contribution in [1.29, 1.82) is 5.26 Å². The van der Waals surface area contributed by atoms with E-state index in [1.54, 1.807) is 0 Å². The first-order valence-electron chi connectivity index (χ1n) is 5.35. The third-order valence-corrected chi connectivity index (χ3v) is 2.54. The van der Waals surface area contributed by atoms with Gasteiger partial charge in [0.05, 0.1) is 25.9 Å². The summed E-state index contributed by atoms with van der Waals surface area (Å²) >= 11 is 0. The molecule has 1 saturated carbocycles. The van der Waals surface area contributed by atoms with Crippen LogP contribution in [0.15, 0.2) is 0 Å². The van der Waals surface area contributed by atoms with Gasteiger partial charge in [0.1, 0.15) is 0 Å². The van der Waals surface area contributed by atoms with E-state index in [9.17, 15) is 0 Å². The predicted octanol–water partition coefficient (Wildman–Crippen LogP) is 2.12. The maximum atomic E-state index is 8.58. The van der Waals surface area contributed by atoms with E-state index >= 15 is 0 Å². The van der Waals surface area contributed by atoms with Crippen molar-refractivity contribution < 1.29 is 9.47 Å². The van der Waals surface area contributed by atoms with Gasteiger partial charge in [-0.15, -0.1) is 0 Å². The molecule has 0 N–H and O–H groups in total. The van der Waals surface area contributed by atoms with Gasteiger partial charge in [-0.05, 0) is 19.3 Å². The molecule has 3 nitrogen and oxygen atoms in total. The van der Waals surface area contributed by atoms with E-state index in [2.05, 4.69) is 13.0 Å². The lowest BCUT2D eigenvalue weighted by atomic mass is 10.1. The summed E-state index contributed by atoms with van der Waals surface area (Å²) in [6.45, 7) is 4.97. The van der Waals surface area contributed by atoms with Gasteiger partial charge >= 0.3 is 0 Å². The Morgan fingerprint density at radius 2 is 1.93 bits per heavy atom. The smallest absolute Gasteiger partial charge is 0.0700 e. The predicted molar refractivity (Wildman–Crippen MR) is 53.8 cm³/mol. The Morgan fingerprint density at radius 3 is 2.50 bits per heavy atom. The van der Waals surface area contributed by atoms with Crippen molar-refractivity contribution >= 4 is 0 Å². The van der Waals surface area contributed by atoms with Gasteiger partial charge in [-0.3, -0.25) is 0 Å². The molecule has 0 atom stereocenters. The van der Waals surface area contributed by atoms with E-state index in [0.717, 1.165) is 32.5 Å². The highest BCUT2D eigenvalue weighted by Gasteiger charge is 2.42. The molecule has 3 heteroatoms. The van der Waals surface area contributed by atoms with Gasteiger partial charge in [0.15, 0.2) is 0 Å². The molecule has 14 heavy (non-hydrogen) atoms. The standard InChI is InChI=1S/C11H19NO2/c1-2-7-13-8-9-14-10-11(3-4-11)5-6-12/h2-5,7-10H2,1H3. The highest BCUT2D eigenvalue weighted by atomic mass is 16.5. The number of rotatable bonds is 8. The minimum absolute atomic E-state index is 0.208. The Bertz CT molecular complexity index is 194. The lowest BCUT2D eigenvalue weighted by molar-refractivity contribution is 0.0297. The van der Waals surface area contributed by atoms with Crippen LogP contribution in [0.1, 0.15) is 32.6 Å². The zero-order valence-corrected chi connectivity index (χ0v) is 8.92. The second-order valence-electron chi connectivity index (χ2n) is 4.00. The largest absolute Gasteiger partial charge is 0.379 e. The molecule has 1 rings (SSSR count). The van der Waals surface area contributed by atoms with Crippen molar-refractivity contribution in [1.82, 2.24) is 0 Å². The minimum atomic E-state index is 0.208. The fourth-order valence-electron chi connectivity index (χ4n) is 1.37. The molecule has 1 aliphatic rings. The van der Waals surface area contributed by atoms with Crippen LogP contribution < -0.4 is 0 Å². The summed E-state index contributed by atoms with van der Waals surface area (Å²) in [5.74, 6) is 0. The molecule has 0 aromatic rings. The average Bonchev–Trinajstić information content (AvgIpc) is 2.93. The molecule has 0 heterocycles. The van der Waals surface area contributed by atoms with Gasteiger partial charge < -0.3 is 9.47 Å². The van der Waals surface area contributed by atoms with Crippen LogP contribution in [0.5, 0.6) is 0 Å². The zero-order valence-electron chi connectivity index (χ0n) is 8.92. The molecule has 1 fully saturated rings. The molecule has 0 spiro atoms. The van der Waals surface area contributed by atoms with Gasteiger partial charge in [0, 0.05) is 18.4 Å². The number of hydrogen-bond acceptors (Lipinski definition) is 3. The van der Waals surface area contributed by atoms with Gasteiger partial charge in [0.25, 0.3) is 0 Å². The third-order valence-electron chi connectivity index (χ3n) is 2.54.